The van der Waals surface area contributed by atoms with Crippen molar-refractivity contribution in [1.82, 2.24) is 4.72 Å². The number of nitriles is 1. The number of hydrogen-bond donors (Lipinski definition) is 1. The molecule has 0 bridgehead atoms. The average Bonchev–Trinajstić information content (AvgIpc) is 2.82. The molecule has 4 nitrogen and oxygen atoms in total. The first-order chi connectivity index (χ1) is 9.44. The van der Waals surface area contributed by atoms with Gasteiger partial charge in [0, 0.05) is 16.3 Å². The van der Waals surface area contributed by atoms with E-state index in [1.54, 1.807) is 6.07 Å². The molecule has 0 aliphatic rings. The van der Waals surface area contributed by atoms with Crippen molar-refractivity contribution in [2.24, 2.45) is 0 Å². The summed E-state index contributed by atoms with van der Waals surface area (Å²) in [5, 5.41) is 8.87. The number of rotatable bonds is 4. The standard InChI is InChI=1S/C13H11FN2O2S2/c1-9-5-6-10(19-9)8-16-20(17,18)13-4-2-3-12(14)11(13)7-15/h2-6,16H,8H2,1H3. The number of nitrogens with zero attached hydrogens (tertiary/aromatic N) is 1. The fourth-order valence-electron chi connectivity index (χ4n) is 1.66. The van der Waals surface area contributed by atoms with Gasteiger partial charge in [-0.3, -0.25) is 0 Å². The zero-order chi connectivity index (χ0) is 14.8. The number of halogens is 1. The van der Waals surface area contributed by atoms with Gasteiger partial charge >= 0.3 is 0 Å². The van der Waals surface area contributed by atoms with E-state index < -0.39 is 21.4 Å². The number of aryl methyl sites for hydroxylation is 1. The lowest BCUT2D eigenvalue weighted by Gasteiger charge is -2.07. The molecule has 7 heteroatoms. The SMILES string of the molecule is Cc1ccc(CNS(=O)(=O)c2cccc(F)c2C#N)s1. The van der Waals surface area contributed by atoms with E-state index in [2.05, 4.69) is 4.72 Å². The molecule has 0 aliphatic heterocycles. The van der Waals surface area contributed by atoms with Crippen LogP contribution in [-0.2, 0) is 16.6 Å². The largest absolute Gasteiger partial charge is 0.242 e. The molecule has 20 heavy (non-hydrogen) atoms. The quantitative estimate of drug-likeness (QED) is 0.943. The smallest absolute Gasteiger partial charge is 0.207 e. The molecule has 1 aromatic carbocycles. The maximum atomic E-state index is 13.4. The molecule has 0 radical (unpaired) electrons. The number of hydrogen-bond acceptors (Lipinski definition) is 4. The third-order valence-electron chi connectivity index (χ3n) is 2.61. The second-order valence-corrected chi connectivity index (χ2v) is 7.17. The molecular weight excluding hydrogens is 299 g/mol. The number of thiophene rings is 1. The van der Waals surface area contributed by atoms with Crippen molar-refractivity contribution < 1.29 is 12.8 Å². The monoisotopic (exact) mass is 310 g/mol. The molecule has 0 unspecified atom stereocenters. The topological polar surface area (TPSA) is 70.0 Å². The fraction of sp³-hybridized carbons (Fsp3) is 0.154. The van der Waals surface area contributed by atoms with Crippen LogP contribution in [0.4, 0.5) is 4.39 Å². The second-order valence-electron chi connectivity index (χ2n) is 4.06. The highest BCUT2D eigenvalue weighted by Crippen LogP contribution is 2.19. The van der Waals surface area contributed by atoms with E-state index in [4.69, 9.17) is 5.26 Å². The van der Waals surface area contributed by atoms with Crippen LogP contribution in [0.2, 0.25) is 0 Å². The van der Waals surface area contributed by atoms with E-state index >= 15 is 0 Å². The lowest BCUT2D eigenvalue weighted by atomic mass is 10.2. The molecule has 0 saturated carbocycles. The van der Waals surface area contributed by atoms with Gasteiger partial charge in [-0.25, -0.2) is 17.5 Å². The van der Waals surface area contributed by atoms with Gasteiger partial charge < -0.3 is 0 Å². The van der Waals surface area contributed by atoms with Crippen LogP contribution >= 0.6 is 11.3 Å². The Labute approximate surface area is 120 Å². The van der Waals surface area contributed by atoms with Crippen LogP contribution in [0.15, 0.2) is 35.2 Å². The summed E-state index contributed by atoms with van der Waals surface area (Å²) in [5.41, 5.74) is -0.470. The summed E-state index contributed by atoms with van der Waals surface area (Å²) in [4.78, 5) is 1.58. The molecule has 2 aromatic rings. The van der Waals surface area contributed by atoms with Crippen LogP contribution in [0.25, 0.3) is 0 Å². The summed E-state index contributed by atoms with van der Waals surface area (Å²) in [6, 6.07) is 8.82. The van der Waals surface area contributed by atoms with E-state index in [-0.39, 0.29) is 11.4 Å². The van der Waals surface area contributed by atoms with Crippen molar-refractivity contribution in [2.75, 3.05) is 0 Å². The van der Waals surface area contributed by atoms with Gasteiger partial charge in [-0.2, -0.15) is 5.26 Å². The Morgan fingerprint density at radius 2 is 2.10 bits per heavy atom. The maximum Gasteiger partial charge on any atom is 0.242 e. The zero-order valence-corrected chi connectivity index (χ0v) is 12.2. The number of sulfonamides is 1. The molecule has 0 aliphatic carbocycles. The zero-order valence-electron chi connectivity index (χ0n) is 10.6. The molecule has 0 amide bonds. The highest BCUT2D eigenvalue weighted by molar-refractivity contribution is 7.89. The molecule has 0 saturated heterocycles. The Bertz CT molecular complexity index is 776. The molecule has 1 aromatic heterocycles. The Kier molecular flexibility index (Phi) is 4.18. The summed E-state index contributed by atoms with van der Waals surface area (Å²) in [6.45, 7) is 2.03. The summed E-state index contributed by atoms with van der Waals surface area (Å²) in [5.74, 6) is -0.845. The average molecular weight is 310 g/mol. The fourth-order valence-corrected chi connectivity index (χ4v) is 3.75. The summed E-state index contributed by atoms with van der Waals surface area (Å²) < 4.78 is 40.0. The van der Waals surface area contributed by atoms with Crippen LogP contribution in [0, 0.1) is 24.1 Å². The van der Waals surface area contributed by atoms with Crippen LogP contribution in [0.1, 0.15) is 15.3 Å². The Hall–Kier alpha value is -1.75. The third kappa shape index (κ3) is 3.04. The minimum atomic E-state index is -3.92. The first-order valence-electron chi connectivity index (χ1n) is 5.67. The first-order valence-corrected chi connectivity index (χ1v) is 7.97. The molecule has 0 fully saturated rings. The summed E-state index contributed by atoms with van der Waals surface area (Å²) in [7, 11) is -3.92. The Morgan fingerprint density at radius 1 is 1.35 bits per heavy atom. The van der Waals surface area contributed by atoms with Crippen molar-refractivity contribution in [1.29, 1.82) is 5.26 Å². The lowest BCUT2D eigenvalue weighted by Crippen LogP contribution is -2.24. The number of nitrogens with one attached hydrogen (secondary N) is 1. The predicted molar refractivity (Wildman–Crippen MR) is 74.2 cm³/mol. The van der Waals surface area contributed by atoms with Crippen LogP contribution in [0.3, 0.4) is 0 Å². The van der Waals surface area contributed by atoms with Gasteiger partial charge in [0.2, 0.25) is 10.0 Å². The molecular formula is C13H11FN2O2S2. The summed E-state index contributed by atoms with van der Waals surface area (Å²) in [6.07, 6.45) is 0. The Morgan fingerprint density at radius 3 is 2.70 bits per heavy atom. The number of benzene rings is 1. The van der Waals surface area contributed by atoms with Crippen molar-refractivity contribution in [2.45, 2.75) is 18.4 Å². The highest BCUT2D eigenvalue weighted by atomic mass is 32.2. The van der Waals surface area contributed by atoms with Gasteiger partial charge in [0.25, 0.3) is 0 Å². The third-order valence-corrected chi connectivity index (χ3v) is 5.05. The van der Waals surface area contributed by atoms with E-state index in [0.717, 1.165) is 15.8 Å². The van der Waals surface area contributed by atoms with Gasteiger partial charge in [0.15, 0.2) is 0 Å². The normalized spacial score (nSPS) is 11.2. The van der Waals surface area contributed by atoms with E-state index in [1.165, 1.54) is 23.5 Å². The second kappa shape index (κ2) is 5.71. The molecule has 2 rings (SSSR count). The van der Waals surface area contributed by atoms with Gasteiger partial charge in [-0.15, -0.1) is 11.3 Å². The first kappa shape index (κ1) is 14.7. The summed E-state index contributed by atoms with van der Waals surface area (Å²) >= 11 is 1.47. The van der Waals surface area contributed by atoms with Crippen LogP contribution in [-0.4, -0.2) is 8.42 Å². The predicted octanol–water partition coefficient (Wildman–Crippen LogP) is 2.55. The Balaban J connectivity index is 2.27. The van der Waals surface area contributed by atoms with Gasteiger partial charge in [0.1, 0.15) is 22.3 Å². The molecule has 0 atom stereocenters. The van der Waals surface area contributed by atoms with Gasteiger partial charge in [-0.1, -0.05) is 6.07 Å². The van der Waals surface area contributed by atoms with E-state index in [1.807, 2.05) is 19.1 Å². The molecule has 1 N–H and O–H groups in total. The van der Waals surface area contributed by atoms with Gasteiger partial charge in [0.05, 0.1) is 0 Å². The highest BCUT2D eigenvalue weighted by Gasteiger charge is 2.21. The maximum absolute atomic E-state index is 13.4. The van der Waals surface area contributed by atoms with Gasteiger partial charge in [-0.05, 0) is 31.2 Å². The minimum absolute atomic E-state index is 0.113. The lowest BCUT2D eigenvalue weighted by molar-refractivity contribution is 0.576. The molecule has 0 spiro atoms. The van der Waals surface area contributed by atoms with Crippen molar-refractivity contribution in [3.8, 4) is 6.07 Å². The minimum Gasteiger partial charge on any atom is -0.207 e. The van der Waals surface area contributed by atoms with Crippen LogP contribution < -0.4 is 4.72 Å². The van der Waals surface area contributed by atoms with Crippen LogP contribution in [0.5, 0.6) is 0 Å². The molecule has 104 valence electrons. The van der Waals surface area contributed by atoms with Crippen molar-refractivity contribution >= 4 is 21.4 Å². The van der Waals surface area contributed by atoms with E-state index in [0.29, 0.717) is 0 Å². The van der Waals surface area contributed by atoms with E-state index in [9.17, 15) is 12.8 Å². The molecule has 1 heterocycles. The van der Waals surface area contributed by atoms with Crippen molar-refractivity contribution in [3.63, 3.8) is 0 Å². The van der Waals surface area contributed by atoms with Crippen molar-refractivity contribution in [3.05, 3.63) is 51.5 Å².